The second-order valence-electron chi connectivity index (χ2n) is 4.90. The van der Waals surface area contributed by atoms with Crippen LogP contribution in [0.4, 0.5) is 0 Å². The smallest absolute Gasteiger partial charge is 0.166 e. The summed E-state index contributed by atoms with van der Waals surface area (Å²) in [6.45, 7) is 5.56. The normalized spacial score (nSPS) is 27.2. The first-order valence-corrected chi connectivity index (χ1v) is 6.61. The van der Waals surface area contributed by atoms with Crippen LogP contribution in [0.5, 0.6) is 11.5 Å². The first kappa shape index (κ1) is 11.8. The molecular weight excluding hydrogens is 230 g/mol. The maximum atomic E-state index is 9.82. The van der Waals surface area contributed by atoms with E-state index in [1.165, 1.54) is 0 Å². The molecule has 1 aromatic carbocycles. The minimum absolute atomic E-state index is 0.0288. The Labute approximate surface area is 107 Å². The number of fused-ring (bicyclic) bond motifs is 3. The highest BCUT2D eigenvalue weighted by atomic mass is 16.5. The summed E-state index contributed by atoms with van der Waals surface area (Å²) < 4.78 is 11.6. The van der Waals surface area contributed by atoms with Crippen LogP contribution in [0.15, 0.2) is 18.2 Å². The van der Waals surface area contributed by atoms with Crippen LogP contribution in [0.25, 0.3) is 0 Å². The summed E-state index contributed by atoms with van der Waals surface area (Å²) in [5.41, 5.74) is 0.979. The summed E-state index contributed by atoms with van der Waals surface area (Å²) >= 11 is 0. The summed E-state index contributed by atoms with van der Waals surface area (Å²) in [6.07, 6.45) is 1.16. The molecule has 0 saturated carbocycles. The predicted molar refractivity (Wildman–Crippen MR) is 67.9 cm³/mol. The lowest BCUT2D eigenvalue weighted by Gasteiger charge is -2.44. The number of morpholine rings is 1. The third-order valence-electron chi connectivity index (χ3n) is 3.73. The van der Waals surface area contributed by atoms with Gasteiger partial charge in [0.2, 0.25) is 0 Å². The predicted octanol–water partition coefficient (Wildman–Crippen LogP) is 1.94. The van der Waals surface area contributed by atoms with Crippen LogP contribution >= 0.6 is 0 Å². The SMILES string of the molecule is CCCN1CCO[C@@H]2c3cccc(O)c3OC[C@H]21. The van der Waals surface area contributed by atoms with Crippen molar-refractivity contribution in [3.63, 3.8) is 0 Å². The fraction of sp³-hybridized carbons (Fsp3) is 0.571. The molecule has 2 aliphatic rings. The molecule has 3 rings (SSSR count). The van der Waals surface area contributed by atoms with Crippen molar-refractivity contribution < 1.29 is 14.6 Å². The Balaban J connectivity index is 1.92. The molecule has 1 saturated heterocycles. The fourth-order valence-electron chi connectivity index (χ4n) is 2.91. The zero-order valence-electron chi connectivity index (χ0n) is 10.6. The molecule has 2 heterocycles. The molecule has 2 aliphatic heterocycles. The number of ether oxygens (including phenoxy) is 2. The van der Waals surface area contributed by atoms with E-state index in [0.717, 1.165) is 31.7 Å². The summed E-state index contributed by atoms with van der Waals surface area (Å²) in [4.78, 5) is 2.43. The lowest BCUT2D eigenvalue weighted by molar-refractivity contribution is -0.0960. The molecule has 2 atom stereocenters. The first-order chi connectivity index (χ1) is 8.81. The van der Waals surface area contributed by atoms with Crippen molar-refractivity contribution in [2.24, 2.45) is 0 Å². The van der Waals surface area contributed by atoms with Gasteiger partial charge in [-0.3, -0.25) is 4.90 Å². The number of benzene rings is 1. The molecule has 4 nitrogen and oxygen atoms in total. The van der Waals surface area contributed by atoms with Crippen molar-refractivity contribution in [1.29, 1.82) is 0 Å². The van der Waals surface area contributed by atoms with Crippen molar-refractivity contribution in [2.45, 2.75) is 25.5 Å². The van der Waals surface area contributed by atoms with E-state index < -0.39 is 0 Å². The van der Waals surface area contributed by atoms with Crippen LogP contribution in [0.2, 0.25) is 0 Å². The van der Waals surface area contributed by atoms with Gasteiger partial charge in [-0.05, 0) is 19.0 Å². The van der Waals surface area contributed by atoms with E-state index in [2.05, 4.69) is 11.8 Å². The van der Waals surface area contributed by atoms with E-state index >= 15 is 0 Å². The highest BCUT2D eigenvalue weighted by molar-refractivity contribution is 5.48. The zero-order valence-corrected chi connectivity index (χ0v) is 10.6. The molecule has 1 aromatic rings. The Hall–Kier alpha value is -1.26. The molecule has 18 heavy (non-hydrogen) atoms. The largest absolute Gasteiger partial charge is 0.504 e. The van der Waals surface area contributed by atoms with Gasteiger partial charge in [0, 0.05) is 12.1 Å². The monoisotopic (exact) mass is 249 g/mol. The van der Waals surface area contributed by atoms with Crippen LogP contribution in [0.3, 0.4) is 0 Å². The van der Waals surface area contributed by atoms with Crippen LogP contribution in [0.1, 0.15) is 25.0 Å². The van der Waals surface area contributed by atoms with Gasteiger partial charge in [-0.2, -0.15) is 0 Å². The van der Waals surface area contributed by atoms with Crippen LogP contribution in [-0.2, 0) is 4.74 Å². The summed E-state index contributed by atoms with van der Waals surface area (Å²) in [7, 11) is 0. The average Bonchev–Trinajstić information content (AvgIpc) is 2.40. The first-order valence-electron chi connectivity index (χ1n) is 6.61. The van der Waals surface area contributed by atoms with Gasteiger partial charge >= 0.3 is 0 Å². The number of nitrogens with zero attached hydrogens (tertiary/aromatic N) is 1. The molecule has 0 unspecified atom stereocenters. The zero-order chi connectivity index (χ0) is 12.5. The third-order valence-corrected chi connectivity index (χ3v) is 3.73. The number of phenolic OH excluding ortho intramolecular Hbond substituents is 1. The molecule has 1 fully saturated rings. The number of rotatable bonds is 2. The van der Waals surface area contributed by atoms with Crippen molar-refractivity contribution >= 4 is 0 Å². The van der Waals surface area contributed by atoms with Crippen molar-refractivity contribution in [3.8, 4) is 11.5 Å². The third kappa shape index (κ3) is 1.85. The highest BCUT2D eigenvalue weighted by Crippen LogP contribution is 2.42. The van der Waals surface area contributed by atoms with Crippen molar-refractivity contribution in [2.75, 3.05) is 26.3 Å². The van der Waals surface area contributed by atoms with E-state index in [9.17, 15) is 5.11 Å². The van der Waals surface area contributed by atoms with Crippen molar-refractivity contribution in [1.82, 2.24) is 4.90 Å². The Morgan fingerprint density at radius 3 is 3.17 bits per heavy atom. The van der Waals surface area contributed by atoms with Crippen LogP contribution < -0.4 is 4.74 Å². The van der Waals surface area contributed by atoms with Gasteiger partial charge in [-0.25, -0.2) is 0 Å². The van der Waals surface area contributed by atoms with Gasteiger partial charge in [0.15, 0.2) is 11.5 Å². The molecular formula is C14H19NO3. The van der Waals surface area contributed by atoms with E-state index in [1.807, 2.05) is 12.1 Å². The minimum Gasteiger partial charge on any atom is -0.504 e. The van der Waals surface area contributed by atoms with E-state index in [1.54, 1.807) is 6.07 Å². The number of hydrogen-bond acceptors (Lipinski definition) is 4. The summed E-state index contributed by atoms with van der Waals surface area (Å²) in [5, 5.41) is 9.82. The average molecular weight is 249 g/mol. The maximum Gasteiger partial charge on any atom is 0.166 e. The summed E-state index contributed by atoms with van der Waals surface area (Å²) in [5.74, 6) is 0.805. The maximum absolute atomic E-state index is 9.82. The van der Waals surface area contributed by atoms with Gasteiger partial charge < -0.3 is 14.6 Å². The van der Waals surface area contributed by atoms with Gasteiger partial charge in [-0.15, -0.1) is 0 Å². The number of aromatic hydroxyl groups is 1. The molecule has 0 aliphatic carbocycles. The van der Waals surface area contributed by atoms with Crippen molar-refractivity contribution in [3.05, 3.63) is 23.8 Å². The molecule has 98 valence electrons. The molecule has 0 spiro atoms. The number of hydrogen-bond donors (Lipinski definition) is 1. The lowest BCUT2D eigenvalue weighted by Crippen LogP contribution is -2.52. The second kappa shape index (κ2) is 4.78. The van der Waals surface area contributed by atoms with Crippen LogP contribution in [-0.4, -0.2) is 42.4 Å². The number of phenols is 1. The number of para-hydroxylation sites is 1. The second-order valence-corrected chi connectivity index (χ2v) is 4.90. The van der Waals surface area contributed by atoms with Gasteiger partial charge in [0.1, 0.15) is 12.7 Å². The van der Waals surface area contributed by atoms with Gasteiger partial charge in [-0.1, -0.05) is 19.1 Å². The van der Waals surface area contributed by atoms with E-state index in [-0.39, 0.29) is 17.9 Å². The fourth-order valence-corrected chi connectivity index (χ4v) is 2.91. The molecule has 0 bridgehead atoms. The lowest BCUT2D eigenvalue weighted by atomic mass is 9.96. The summed E-state index contributed by atoms with van der Waals surface area (Å²) in [6, 6.07) is 5.77. The molecule has 1 N–H and O–H groups in total. The molecule has 4 heteroatoms. The molecule has 0 aromatic heterocycles. The Morgan fingerprint density at radius 2 is 2.33 bits per heavy atom. The Morgan fingerprint density at radius 1 is 1.44 bits per heavy atom. The topological polar surface area (TPSA) is 41.9 Å². The minimum atomic E-state index is 0.0288. The molecule has 0 amide bonds. The van der Waals surface area contributed by atoms with E-state index in [4.69, 9.17) is 9.47 Å². The molecule has 0 radical (unpaired) electrons. The van der Waals surface area contributed by atoms with Gasteiger partial charge in [0.05, 0.1) is 12.6 Å². The van der Waals surface area contributed by atoms with Crippen LogP contribution in [0, 0.1) is 0 Å². The standard InChI is InChI=1S/C14H19NO3/c1-2-6-15-7-8-17-13-10-4-3-5-12(16)14(10)18-9-11(13)15/h3-5,11,13,16H,2,6-9H2,1H3/t11-,13-/m1/s1. The quantitative estimate of drug-likeness (QED) is 0.869. The highest BCUT2D eigenvalue weighted by Gasteiger charge is 2.39. The van der Waals surface area contributed by atoms with E-state index in [0.29, 0.717) is 12.4 Å². The van der Waals surface area contributed by atoms with Gasteiger partial charge in [0.25, 0.3) is 0 Å². The Bertz CT molecular complexity index is 433. The Kier molecular flexibility index (Phi) is 3.14.